The first-order valence-corrected chi connectivity index (χ1v) is 5.08. The van der Waals surface area contributed by atoms with Gasteiger partial charge in [-0.25, -0.2) is 0 Å². The van der Waals surface area contributed by atoms with E-state index in [0.717, 1.165) is 17.9 Å². The van der Waals surface area contributed by atoms with Crippen LogP contribution in [0, 0.1) is 0 Å². The van der Waals surface area contributed by atoms with Crippen molar-refractivity contribution in [1.29, 1.82) is 0 Å². The third-order valence-corrected chi connectivity index (χ3v) is 2.10. The van der Waals surface area contributed by atoms with Crippen LogP contribution in [0.15, 0.2) is 16.7 Å². The summed E-state index contributed by atoms with van der Waals surface area (Å²) in [5.74, 6) is 0.933. The minimum atomic E-state index is 0.104. The van der Waals surface area contributed by atoms with Crippen molar-refractivity contribution in [1.82, 2.24) is 5.32 Å². The molecule has 1 atom stereocenters. The number of furan rings is 1. The van der Waals surface area contributed by atoms with Gasteiger partial charge in [0.15, 0.2) is 0 Å². The Kier molecular flexibility index (Phi) is 5.39. The van der Waals surface area contributed by atoms with Crippen molar-refractivity contribution in [3.05, 3.63) is 23.7 Å². The summed E-state index contributed by atoms with van der Waals surface area (Å²) in [6, 6.07) is 1.94. The van der Waals surface area contributed by atoms with Crippen LogP contribution in [0.3, 0.4) is 0 Å². The molecule has 0 aliphatic carbocycles. The second kappa shape index (κ2) is 6.61. The van der Waals surface area contributed by atoms with Gasteiger partial charge in [-0.3, -0.25) is 0 Å². The molecule has 1 heterocycles. The Morgan fingerprint density at radius 2 is 2.33 bits per heavy atom. The van der Waals surface area contributed by atoms with Crippen molar-refractivity contribution in [2.45, 2.75) is 26.2 Å². The summed E-state index contributed by atoms with van der Waals surface area (Å²) in [6.07, 6.45) is 1.79. The molecule has 4 heteroatoms. The molecule has 0 saturated heterocycles. The minimum Gasteiger partial charge on any atom is -0.468 e. The molecule has 0 aliphatic rings. The first-order chi connectivity index (χ1) is 7.27. The molecule has 0 spiro atoms. The standard InChI is InChI=1S/C11H19NO3/c1-9(7-13-3)15-8-10-4-5-14-11(10)6-12-2/h4-5,9,12H,6-8H2,1-3H3. The fraction of sp³-hybridized carbons (Fsp3) is 0.636. The van der Waals surface area contributed by atoms with Crippen molar-refractivity contribution >= 4 is 0 Å². The maximum absolute atomic E-state index is 5.60. The van der Waals surface area contributed by atoms with Crippen LogP contribution in [0.5, 0.6) is 0 Å². The normalized spacial score (nSPS) is 13.0. The molecule has 0 aliphatic heterocycles. The van der Waals surface area contributed by atoms with Gasteiger partial charge < -0.3 is 19.2 Å². The minimum absolute atomic E-state index is 0.104. The van der Waals surface area contributed by atoms with Crippen LogP contribution in [0.4, 0.5) is 0 Å². The number of hydrogen-bond donors (Lipinski definition) is 1. The zero-order valence-corrected chi connectivity index (χ0v) is 9.58. The van der Waals surface area contributed by atoms with E-state index in [4.69, 9.17) is 13.9 Å². The summed E-state index contributed by atoms with van der Waals surface area (Å²) in [5.41, 5.74) is 1.09. The number of rotatable bonds is 7. The topological polar surface area (TPSA) is 43.6 Å². The van der Waals surface area contributed by atoms with E-state index in [9.17, 15) is 0 Å². The number of methoxy groups -OCH3 is 1. The summed E-state index contributed by atoms with van der Waals surface area (Å²) < 4.78 is 15.9. The molecule has 0 bridgehead atoms. The van der Waals surface area contributed by atoms with E-state index < -0.39 is 0 Å². The SMILES string of the molecule is CNCc1occc1COC(C)COC. The second-order valence-electron chi connectivity index (χ2n) is 3.48. The lowest BCUT2D eigenvalue weighted by Gasteiger charge is -2.11. The second-order valence-corrected chi connectivity index (χ2v) is 3.48. The van der Waals surface area contributed by atoms with Crippen LogP contribution in [0.2, 0.25) is 0 Å². The number of ether oxygens (including phenoxy) is 2. The van der Waals surface area contributed by atoms with Gasteiger partial charge in [-0.15, -0.1) is 0 Å². The smallest absolute Gasteiger partial charge is 0.123 e. The third kappa shape index (κ3) is 4.03. The largest absolute Gasteiger partial charge is 0.468 e. The molecule has 0 radical (unpaired) electrons. The predicted octanol–water partition coefficient (Wildman–Crippen LogP) is 1.55. The van der Waals surface area contributed by atoms with E-state index in [-0.39, 0.29) is 6.10 Å². The Bertz CT molecular complexity index is 273. The Balaban J connectivity index is 2.39. The highest BCUT2D eigenvalue weighted by molar-refractivity contribution is 5.15. The van der Waals surface area contributed by atoms with Gasteiger partial charge in [0.2, 0.25) is 0 Å². The van der Waals surface area contributed by atoms with Crippen LogP contribution in [-0.4, -0.2) is 26.9 Å². The predicted molar refractivity (Wildman–Crippen MR) is 57.6 cm³/mol. The summed E-state index contributed by atoms with van der Waals surface area (Å²) in [4.78, 5) is 0. The quantitative estimate of drug-likeness (QED) is 0.746. The van der Waals surface area contributed by atoms with E-state index in [2.05, 4.69) is 5.32 Å². The van der Waals surface area contributed by atoms with E-state index in [1.807, 2.05) is 20.0 Å². The Hall–Kier alpha value is -0.840. The first-order valence-electron chi connectivity index (χ1n) is 5.08. The Morgan fingerprint density at radius 3 is 3.00 bits per heavy atom. The van der Waals surface area contributed by atoms with Crippen molar-refractivity contribution in [3.8, 4) is 0 Å². The highest BCUT2D eigenvalue weighted by Gasteiger charge is 2.07. The van der Waals surface area contributed by atoms with E-state index in [0.29, 0.717) is 13.2 Å². The van der Waals surface area contributed by atoms with Gasteiger partial charge in [0.25, 0.3) is 0 Å². The molecule has 1 aromatic heterocycles. The van der Waals surface area contributed by atoms with E-state index in [1.165, 1.54) is 0 Å². The third-order valence-electron chi connectivity index (χ3n) is 2.10. The monoisotopic (exact) mass is 213 g/mol. The molecule has 1 N–H and O–H groups in total. The van der Waals surface area contributed by atoms with Crippen LogP contribution >= 0.6 is 0 Å². The first kappa shape index (κ1) is 12.2. The lowest BCUT2D eigenvalue weighted by Crippen LogP contribution is -2.15. The number of nitrogens with one attached hydrogen (secondary N) is 1. The molecule has 0 aromatic carbocycles. The van der Waals surface area contributed by atoms with Crippen LogP contribution in [0.25, 0.3) is 0 Å². The van der Waals surface area contributed by atoms with Crippen molar-refractivity contribution in [2.75, 3.05) is 20.8 Å². The molecule has 1 unspecified atom stereocenters. The summed E-state index contributed by atoms with van der Waals surface area (Å²) in [7, 11) is 3.56. The lowest BCUT2D eigenvalue weighted by molar-refractivity contribution is -0.000628. The highest BCUT2D eigenvalue weighted by Crippen LogP contribution is 2.12. The molecule has 4 nitrogen and oxygen atoms in total. The van der Waals surface area contributed by atoms with E-state index in [1.54, 1.807) is 13.4 Å². The van der Waals surface area contributed by atoms with Gasteiger partial charge >= 0.3 is 0 Å². The molecular formula is C11H19NO3. The van der Waals surface area contributed by atoms with Crippen LogP contribution in [0.1, 0.15) is 18.2 Å². The van der Waals surface area contributed by atoms with Crippen molar-refractivity contribution in [2.24, 2.45) is 0 Å². The average molecular weight is 213 g/mol. The molecule has 0 saturated carbocycles. The van der Waals surface area contributed by atoms with Crippen molar-refractivity contribution < 1.29 is 13.9 Å². The summed E-state index contributed by atoms with van der Waals surface area (Å²) in [6.45, 7) is 3.89. The molecule has 1 aromatic rings. The van der Waals surface area contributed by atoms with E-state index >= 15 is 0 Å². The van der Waals surface area contributed by atoms with Gasteiger partial charge in [0.05, 0.1) is 32.1 Å². The zero-order chi connectivity index (χ0) is 11.1. The molecule has 0 fully saturated rings. The van der Waals surface area contributed by atoms with Gasteiger partial charge in [-0.2, -0.15) is 0 Å². The fourth-order valence-corrected chi connectivity index (χ4v) is 1.33. The molecule has 0 amide bonds. The van der Waals surface area contributed by atoms with Gasteiger partial charge in [-0.05, 0) is 20.0 Å². The van der Waals surface area contributed by atoms with Gasteiger partial charge in [0, 0.05) is 12.7 Å². The fourth-order valence-electron chi connectivity index (χ4n) is 1.33. The Labute approximate surface area is 90.6 Å². The van der Waals surface area contributed by atoms with Gasteiger partial charge in [-0.1, -0.05) is 0 Å². The lowest BCUT2D eigenvalue weighted by atomic mass is 10.2. The molecule has 1 rings (SSSR count). The summed E-state index contributed by atoms with van der Waals surface area (Å²) >= 11 is 0. The van der Waals surface area contributed by atoms with Gasteiger partial charge in [0.1, 0.15) is 5.76 Å². The van der Waals surface area contributed by atoms with Crippen molar-refractivity contribution in [3.63, 3.8) is 0 Å². The van der Waals surface area contributed by atoms with Crippen LogP contribution < -0.4 is 5.32 Å². The Morgan fingerprint density at radius 1 is 1.53 bits per heavy atom. The molecule has 86 valence electrons. The summed E-state index contributed by atoms with van der Waals surface area (Å²) in [5, 5.41) is 3.05. The highest BCUT2D eigenvalue weighted by atomic mass is 16.5. The number of hydrogen-bond acceptors (Lipinski definition) is 4. The molecule has 15 heavy (non-hydrogen) atoms. The zero-order valence-electron chi connectivity index (χ0n) is 9.58. The average Bonchev–Trinajstić information content (AvgIpc) is 2.64. The maximum Gasteiger partial charge on any atom is 0.123 e. The molecular weight excluding hydrogens is 194 g/mol. The maximum atomic E-state index is 5.60. The van der Waals surface area contributed by atoms with Crippen LogP contribution in [-0.2, 0) is 22.6 Å².